The quantitative estimate of drug-likeness (QED) is 0.906. The van der Waals surface area contributed by atoms with Crippen molar-refractivity contribution in [3.63, 3.8) is 0 Å². The lowest BCUT2D eigenvalue weighted by atomic mass is 9.99. The molecule has 0 aliphatic carbocycles. The summed E-state index contributed by atoms with van der Waals surface area (Å²) in [4.78, 5) is 25.9. The van der Waals surface area contributed by atoms with Crippen molar-refractivity contribution in [2.75, 3.05) is 13.1 Å². The minimum absolute atomic E-state index is 0.0492. The molecule has 98 valence electrons. The predicted molar refractivity (Wildman–Crippen MR) is 69.5 cm³/mol. The van der Waals surface area contributed by atoms with Gasteiger partial charge in [-0.05, 0) is 23.8 Å². The number of aryl methyl sites for hydroxylation is 1. The van der Waals surface area contributed by atoms with Crippen molar-refractivity contribution >= 4 is 23.2 Å². The van der Waals surface area contributed by atoms with Crippen molar-refractivity contribution in [2.45, 2.75) is 19.8 Å². The van der Waals surface area contributed by atoms with E-state index in [9.17, 15) is 9.59 Å². The van der Waals surface area contributed by atoms with Gasteiger partial charge in [0.15, 0.2) is 0 Å². The molecular weight excluding hydrogens is 250 g/mol. The SMILES string of the molecule is C[C@@H]1CN(C(=O)CCc2cccs2)C[C@H]1C(=O)O. The third kappa shape index (κ3) is 2.90. The Balaban J connectivity index is 1.85. The van der Waals surface area contributed by atoms with E-state index >= 15 is 0 Å². The summed E-state index contributed by atoms with van der Waals surface area (Å²) in [6.45, 7) is 2.82. The number of carbonyl (C=O) groups excluding carboxylic acids is 1. The number of nitrogens with zero attached hydrogens (tertiary/aromatic N) is 1. The highest BCUT2D eigenvalue weighted by Gasteiger charge is 2.36. The number of carbonyl (C=O) groups is 2. The van der Waals surface area contributed by atoms with Gasteiger partial charge < -0.3 is 10.0 Å². The summed E-state index contributed by atoms with van der Waals surface area (Å²) in [6.07, 6.45) is 1.22. The van der Waals surface area contributed by atoms with Crippen LogP contribution in [0.15, 0.2) is 17.5 Å². The molecule has 4 nitrogen and oxygen atoms in total. The zero-order valence-electron chi connectivity index (χ0n) is 10.3. The average molecular weight is 267 g/mol. The van der Waals surface area contributed by atoms with Crippen LogP contribution in [0.2, 0.25) is 0 Å². The van der Waals surface area contributed by atoms with Crippen LogP contribution in [-0.4, -0.2) is 35.0 Å². The smallest absolute Gasteiger partial charge is 0.308 e. The summed E-state index contributed by atoms with van der Waals surface area (Å²) >= 11 is 1.65. The van der Waals surface area contributed by atoms with Gasteiger partial charge >= 0.3 is 5.97 Å². The molecule has 1 fully saturated rings. The normalized spacial score (nSPS) is 23.3. The largest absolute Gasteiger partial charge is 0.481 e. The molecule has 1 aromatic heterocycles. The van der Waals surface area contributed by atoms with E-state index in [1.807, 2.05) is 24.4 Å². The number of amides is 1. The molecule has 0 aromatic carbocycles. The highest BCUT2D eigenvalue weighted by Crippen LogP contribution is 2.24. The van der Waals surface area contributed by atoms with Gasteiger partial charge in [-0.2, -0.15) is 0 Å². The fraction of sp³-hybridized carbons (Fsp3) is 0.538. The van der Waals surface area contributed by atoms with Crippen LogP contribution in [0.25, 0.3) is 0 Å². The van der Waals surface area contributed by atoms with Crippen LogP contribution in [0.1, 0.15) is 18.2 Å². The van der Waals surface area contributed by atoms with Gasteiger partial charge in [0.2, 0.25) is 5.91 Å². The van der Waals surface area contributed by atoms with Gasteiger partial charge in [0.1, 0.15) is 0 Å². The lowest BCUT2D eigenvalue weighted by Crippen LogP contribution is -2.30. The second kappa shape index (κ2) is 5.52. The Morgan fingerprint density at radius 1 is 1.50 bits per heavy atom. The minimum Gasteiger partial charge on any atom is -0.481 e. The molecule has 1 aliphatic heterocycles. The van der Waals surface area contributed by atoms with Gasteiger partial charge in [-0.25, -0.2) is 0 Å². The van der Waals surface area contributed by atoms with Crippen molar-refractivity contribution in [3.8, 4) is 0 Å². The number of aliphatic carboxylic acids is 1. The molecule has 1 aliphatic rings. The van der Waals surface area contributed by atoms with Crippen LogP contribution in [0, 0.1) is 11.8 Å². The summed E-state index contributed by atoms with van der Waals surface area (Å²) in [6, 6.07) is 3.99. The van der Waals surface area contributed by atoms with Gasteiger partial charge in [0, 0.05) is 24.4 Å². The minimum atomic E-state index is -0.795. The zero-order valence-corrected chi connectivity index (χ0v) is 11.2. The Kier molecular flexibility index (Phi) is 4.01. The summed E-state index contributed by atoms with van der Waals surface area (Å²) in [5.74, 6) is -1.08. The second-order valence-electron chi connectivity index (χ2n) is 4.80. The average Bonchev–Trinajstić information content (AvgIpc) is 2.94. The van der Waals surface area contributed by atoms with E-state index in [0.717, 1.165) is 6.42 Å². The van der Waals surface area contributed by atoms with Gasteiger partial charge in [-0.3, -0.25) is 9.59 Å². The maximum Gasteiger partial charge on any atom is 0.308 e. The Labute approximate surface area is 110 Å². The number of hydrogen-bond donors (Lipinski definition) is 1. The number of likely N-dealkylation sites (tertiary alicyclic amines) is 1. The fourth-order valence-corrected chi connectivity index (χ4v) is 3.04. The molecule has 0 saturated carbocycles. The van der Waals surface area contributed by atoms with Crippen LogP contribution in [0.5, 0.6) is 0 Å². The number of carboxylic acid groups (broad SMARTS) is 1. The molecule has 0 spiro atoms. The van der Waals surface area contributed by atoms with E-state index < -0.39 is 11.9 Å². The van der Waals surface area contributed by atoms with Crippen molar-refractivity contribution in [1.82, 2.24) is 4.90 Å². The molecule has 1 N–H and O–H groups in total. The van der Waals surface area contributed by atoms with E-state index in [4.69, 9.17) is 5.11 Å². The zero-order chi connectivity index (χ0) is 13.1. The molecule has 0 bridgehead atoms. The molecule has 0 unspecified atom stereocenters. The van der Waals surface area contributed by atoms with E-state index in [1.165, 1.54) is 4.88 Å². The molecule has 2 heterocycles. The standard InChI is InChI=1S/C13H17NO3S/c1-9-7-14(8-11(9)13(16)17)12(15)5-4-10-3-2-6-18-10/h2-3,6,9,11H,4-5,7-8H2,1H3,(H,16,17)/t9-,11-/m1/s1. The van der Waals surface area contributed by atoms with Crippen molar-refractivity contribution in [3.05, 3.63) is 22.4 Å². The highest BCUT2D eigenvalue weighted by molar-refractivity contribution is 7.09. The van der Waals surface area contributed by atoms with E-state index in [-0.39, 0.29) is 11.8 Å². The fourth-order valence-electron chi connectivity index (χ4n) is 2.33. The third-order valence-corrected chi connectivity index (χ3v) is 4.38. The van der Waals surface area contributed by atoms with Gasteiger partial charge in [-0.1, -0.05) is 13.0 Å². The molecule has 0 radical (unpaired) electrons. The lowest BCUT2D eigenvalue weighted by molar-refractivity contribution is -0.142. The molecule has 2 rings (SSSR count). The number of thiophene rings is 1. The summed E-state index contributed by atoms with van der Waals surface area (Å²) in [5.41, 5.74) is 0. The predicted octanol–water partition coefficient (Wildman–Crippen LogP) is 1.86. The molecular formula is C13H17NO3S. The Morgan fingerprint density at radius 2 is 2.28 bits per heavy atom. The van der Waals surface area contributed by atoms with Gasteiger partial charge in [-0.15, -0.1) is 11.3 Å². The van der Waals surface area contributed by atoms with Gasteiger partial charge in [0.25, 0.3) is 0 Å². The first kappa shape index (κ1) is 13.1. The van der Waals surface area contributed by atoms with Crippen molar-refractivity contribution in [2.24, 2.45) is 11.8 Å². The van der Waals surface area contributed by atoms with Crippen molar-refractivity contribution in [1.29, 1.82) is 0 Å². The summed E-state index contributed by atoms with van der Waals surface area (Å²) in [7, 11) is 0. The van der Waals surface area contributed by atoms with Crippen molar-refractivity contribution < 1.29 is 14.7 Å². The third-order valence-electron chi connectivity index (χ3n) is 3.45. The van der Waals surface area contributed by atoms with Crippen LogP contribution in [-0.2, 0) is 16.0 Å². The lowest BCUT2D eigenvalue weighted by Gasteiger charge is -2.15. The second-order valence-corrected chi connectivity index (χ2v) is 5.83. The van der Waals surface area contributed by atoms with E-state index in [0.29, 0.717) is 19.5 Å². The maximum atomic E-state index is 12.0. The molecule has 1 saturated heterocycles. The van der Waals surface area contributed by atoms with E-state index in [1.54, 1.807) is 16.2 Å². The van der Waals surface area contributed by atoms with Crippen LogP contribution in [0.4, 0.5) is 0 Å². The number of carboxylic acids is 1. The highest BCUT2D eigenvalue weighted by atomic mass is 32.1. The summed E-state index contributed by atoms with van der Waals surface area (Å²) in [5, 5.41) is 11.0. The molecule has 2 atom stereocenters. The molecule has 1 aromatic rings. The summed E-state index contributed by atoms with van der Waals surface area (Å²) < 4.78 is 0. The van der Waals surface area contributed by atoms with E-state index in [2.05, 4.69) is 0 Å². The van der Waals surface area contributed by atoms with Crippen LogP contribution >= 0.6 is 11.3 Å². The maximum absolute atomic E-state index is 12.0. The first-order valence-electron chi connectivity index (χ1n) is 6.11. The number of rotatable bonds is 4. The Bertz CT molecular complexity index is 429. The molecule has 5 heteroatoms. The first-order valence-corrected chi connectivity index (χ1v) is 6.99. The topological polar surface area (TPSA) is 57.6 Å². The Hall–Kier alpha value is -1.36. The Morgan fingerprint density at radius 3 is 2.83 bits per heavy atom. The van der Waals surface area contributed by atoms with Crippen LogP contribution < -0.4 is 0 Å². The molecule has 1 amide bonds. The monoisotopic (exact) mass is 267 g/mol. The first-order chi connectivity index (χ1) is 8.58. The van der Waals surface area contributed by atoms with Gasteiger partial charge in [0.05, 0.1) is 5.92 Å². The van der Waals surface area contributed by atoms with Crippen LogP contribution in [0.3, 0.4) is 0 Å². The number of hydrogen-bond acceptors (Lipinski definition) is 3. The molecule has 18 heavy (non-hydrogen) atoms.